The van der Waals surface area contributed by atoms with Crippen molar-refractivity contribution in [1.29, 1.82) is 0 Å². The van der Waals surface area contributed by atoms with Crippen LogP contribution < -0.4 is 0 Å². The third-order valence-electron chi connectivity index (χ3n) is 3.80. The Morgan fingerprint density at radius 2 is 2.08 bits per heavy atom. The van der Waals surface area contributed by atoms with E-state index in [1.54, 1.807) is 6.92 Å². The molecule has 1 saturated heterocycles. The number of aromatic nitrogens is 2. The van der Waals surface area contributed by atoms with Crippen LogP contribution in [-0.2, 0) is 16.2 Å². The van der Waals surface area contributed by atoms with Crippen molar-refractivity contribution in [3.05, 3.63) is 41.5 Å². The second-order valence-corrected chi connectivity index (χ2v) is 7.37. The maximum Gasteiger partial charge on any atom is 0.416 e. The highest BCUT2D eigenvalue weighted by Gasteiger charge is 2.40. The molecule has 130 valence electrons. The third-order valence-corrected chi connectivity index (χ3v) is 5.70. The molecule has 6 nitrogen and oxygen atoms in total. The molecule has 0 radical (unpaired) electrons. The van der Waals surface area contributed by atoms with Gasteiger partial charge in [-0.3, -0.25) is 0 Å². The fraction of sp³-hybridized carbons (Fsp3) is 0.429. The summed E-state index contributed by atoms with van der Waals surface area (Å²) in [6.45, 7) is 1.79. The van der Waals surface area contributed by atoms with Gasteiger partial charge in [-0.15, -0.1) is 0 Å². The zero-order valence-corrected chi connectivity index (χ0v) is 13.4. The lowest BCUT2D eigenvalue weighted by Crippen LogP contribution is -2.31. The van der Waals surface area contributed by atoms with Crippen molar-refractivity contribution in [3.8, 4) is 0 Å². The van der Waals surface area contributed by atoms with E-state index in [0.29, 0.717) is 24.7 Å². The topological polar surface area (TPSA) is 76.3 Å². The maximum atomic E-state index is 12.8. The molecule has 1 aliphatic rings. The molecular weight excluding hydrogens is 347 g/mol. The van der Waals surface area contributed by atoms with Crippen LogP contribution in [0.15, 0.2) is 33.7 Å². The van der Waals surface area contributed by atoms with Crippen molar-refractivity contribution in [3.63, 3.8) is 0 Å². The van der Waals surface area contributed by atoms with E-state index in [4.69, 9.17) is 4.52 Å². The van der Waals surface area contributed by atoms with Crippen LogP contribution in [0.3, 0.4) is 0 Å². The van der Waals surface area contributed by atoms with Crippen molar-refractivity contribution >= 4 is 10.0 Å². The van der Waals surface area contributed by atoms with Gasteiger partial charge < -0.3 is 4.52 Å². The van der Waals surface area contributed by atoms with Gasteiger partial charge in [-0.1, -0.05) is 11.2 Å². The van der Waals surface area contributed by atoms with Gasteiger partial charge in [0.1, 0.15) is 6.04 Å². The summed E-state index contributed by atoms with van der Waals surface area (Å²) in [6, 6.07) is 3.05. The summed E-state index contributed by atoms with van der Waals surface area (Å²) < 4.78 is 70.2. The van der Waals surface area contributed by atoms with Gasteiger partial charge in [0.15, 0.2) is 5.82 Å². The van der Waals surface area contributed by atoms with Crippen molar-refractivity contribution < 1.29 is 26.1 Å². The molecule has 2 heterocycles. The van der Waals surface area contributed by atoms with E-state index in [0.717, 1.165) is 22.5 Å². The normalized spacial score (nSPS) is 19.8. The van der Waals surface area contributed by atoms with E-state index in [1.807, 2.05) is 0 Å². The van der Waals surface area contributed by atoms with E-state index in [-0.39, 0.29) is 12.4 Å². The molecule has 0 amide bonds. The van der Waals surface area contributed by atoms with Crippen LogP contribution in [0.4, 0.5) is 13.2 Å². The quantitative estimate of drug-likeness (QED) is 0.840. The average Bonchev–Trinajstić information content (AvgIpc) is 3.15. The van der Waals surface area contributed by atoms with E-state index >= 15 is 0 Å². The first-order valence-corrected chi connectivity index (χ1v) is 8.63. The Kier molecular flexibility index (Phi) is 4.12. The van der Waals surface area contributed by atoms with Crippen molar-refractivity contribution in [2.75, 3.05) is 6.54 Å². The molecule has 0 bridgehead atoms. The zero-order valence-electron chi connectivity index (χ0n) is 12.6. The minimum atomic E-state index is -4.61. The monoisotopic (exact) mass is 361 g/mol. The number of alkyl halides is 3. The molecule has 1 unspecified atom stereocenters. The summed E-state index contributed by atoms with van der Waals surface area (Å²) in [5, 5.41) is 3.64. The van der Waals surface area contributed by atoms with Crippen molar-refractivity contribution in [1.82, 2.24) is 14.4 Å². The van der Waals surface area contributed by atoms with Crippen LogP contribution in [-0.4, -0.2) is 29.4 Å². The Balaban J connectivity index is 1.98. The minimum absolute atomic E-state index is 0.153. The molecule has 1 aromatic heterocycles. The highest BCUT2D eigenvalue weighted by molar-refractivity contribution is 7.89. The first-order chi connectivity index (χ1) is 11.2. The highest BCUT2D eigenvalue weighted by Crippen LogP contribution is 2.37. The van der Waals surface area contributed by atoms with Gasteiger partial charge in [-0.25, -0.2) is 8.42 Å². The number of sulfonamides is 1. The summed E-state index contributed by atoms with van der Waals surface area (Å²) in [4.78, 5) is 3.64. The van der Waals surface area contributed by atoms with Gasteiger partial charge in [0, 0.05) is 6.54 Å². The lowest BCUT2D eigenvalue weighted by Gasteiger charge is -2.21. The van der Waals surface area contributed by atoms with Gasteiger partial charge in [-0.05, 0) is 38.0 Å². The van der Waals surface area contributed by atoms with Crippen LogP contribution in [0.5, 0.6) is 0 Å². The smallest absolute Gasteiger partial charge is 0.338 e. The molecule has 3 rings (SSSR count). The Bertz CT molecular complexity index is 848. The maximum absolute atomic E-state index is 12.8. The fourth-order valence-electron chi connectivity index (χ4n) is 2.69. The van der Waals surface area contributed by atoms with Gasteiger partial charge in [0.25, 0.3) is 0 Å². The first kappa shape index (κ1) is 16.9. The fourth-order valence-corrected chi connectivity index (χ4v) is 4.39. The number of benzene rings is 1. The lowest BCUT2D eigenvalue weighted by molar-refractivity contribution is -0.137. The van der Waals surface area contributed by atoms with Crippen LogP contribution in [0.25, 0.3) is 0 Å². The second-order valence-electron chi connectivity index (χ2n) is 5.48. The molecule has 1 aliphatic heterocycles. The summed E-state index contributed by atoms with van der Waals surface area (Å²) in [7, 11) is -4.10. The van der Waals surface area contributed by atoms with Crippen LogP contribution in [0.1, 0.15) is 36.2 Å². The Morgan fingerprint density at radius 1 is 1.33 bits per heavy atom. The van der Waals surface area contributed by atoms with Gasteiger partial charge in [0.2, 0.25) is 15.9 Å². The summed E-state index contributed by atoms with van der Waals surface area (Å²) >= 11 is 0. The molecule has 0 aliphatic carbocycles. The van der Waals surface area contributed by atoms with E-state index in [9.17, 15) is 21.6 Å². The standard InChI is InChI=1S/C14H14F3N3O3S/c1-9-18-13(23-19-9)12-6-3-7-20(12)24(21,22)11-5-2-4-10(8-11)14(15,16)17/h2,4-5,8,12H,3,6-7H2,1H3. The second kappa shape index (κ2) is 5.85. The Hall–Kier alpha value is -1.94. The van der Waals surface area contributed by atoms with Crippen LogP contribution in [0, 0.1) is 6.92 Å². The number of halogens is 3. The summed E-state index contributed by atoms with van der Waals surface area (Å²) in [5.74, 6) is 0.522. The predicted molar refractivity (Wildman–Crippen MR) is 76.3 cm³/mol. The van der Waals surface area contributed by atoms with Crippen LogP contribution in [0.2, 0.25) is 0 Å². The molecule has 1 atom stereocenters. The van der Waals surface area contributed by atoms with Crippen molar-refractivity contribution in [2.45, 2.75) is 36.9 Å². The number of nitrogens with zero attached hydrogens (tertiary/aromatic N) is 3. The Morgan fingerprint density at radius 3 is 2.71 bits per heavy atom. The van der Waals surface area contributed by atoms with Crippen LogP contribution >= 0.6 is 0 Å². The van der Waals surface area contributed by atoms with Gasteiger partial charge >= 0.3 is 6.18 Å². The Labute approximate surface area is 136 Å². The molecule has 1 fully saturated rings. The number of hydrogen-bond acceptors (Lipinski definition) is 5. The number of rotatable bonds is 3. The van der Waals surface area contributed by atoms with Gasteiger partial charge in [-0.2, -0.15) is 22.5 Å². The minimum Gasteiger partial charge on any atom is -0.338 e. The zero-order chi connectivity index (χ0) is 17.5. The van der Waals surface area contributed by atoms with E-state index in [1.165, 1.54) is 0 Å². The van der Waals surface area contributed by atoms with Crippen molar-refractivity contribution in [2.24, 2.45) is 0 Å². The van der Waals surface area contributed by atoms with E-state index < -0.39 is 32.7 Å². The third kappa shape index (κ3) is 3.03. The number of hydrogen-bond donors (Lipinski definition) is 0. The molecule has 0 N–H and O–H groups in total. The lowest BCUT2D eigenvalue weighted by atomic mass is 10.2. The van der Waals surface area contributed by atoms with Gasteiger partial charge in [0.05, 0.1) is 10.5 Å². The highest BCUT2D eigenvalue weighted by atomic mass is 32.2. The number of aryl methyl sites for hydroxylation is 1. The SMILES string of the molecule is Cc1noc(C2CCCN2S(=O)(=O)c2cccc(C(F)(F)F)c2)n1. The predicted octanol–water partition coefficient (Wildman–Crippen LogP) is 2.92. The molecule has 24 heavy (non-hydrogen) atoms. The first-order valence-electron chi connectivity index (χ1n) is 7.19. The summed E-state index contributed by atoms with van der Waals surface area (Å²) in [6.07, 6.45) is -3.58. The molecule has 0 spiro atoms. The molecular formula is C14H14F3N3O3S. The van der Waals surface area contributed by atoms with E-state index in [2.05, 4.69) is 10.1 Å². The summed E-state index contributed by atoms with van der Waals surface area (Å²) in [5.41, 5.74) is -1.01. The molecule has 1 aromatic carbocycles. The molecule has 2 aromatic rings. The molecule has 0 saturated carbocycles. The average molecular weight is 361 g/mol. The largest absolute Gasteiger partial charge is 0.416 e. The molecule has 10 heteroatoms.